The number of hydrogen-bond donors (Lipinski definition) is 0. The molecular formula is C5F8O. The summed E-state index contributed by atoms with van der Waals surface area (Å²) < 4.78 is 97.4. The minimum absolute atomic E-state index is 2.50. The van der Waals surface area contributed by atoms with E-state index in [1.165, 1.54) is 0 Å². The molecular weight excluding hydrogens is 228 g/mol. The molecule has 0 aromatic heterocycles. The average Bonchev–Trinajstić information content (AvgIpc) is 1.93. The van der Waals surface area contributed by atoms with Crippen LogP contribution in [0, 0.1) is 0 Å². The molecule has 1 rings (SSSR count). The zero-order valence-corrected chi connectivity index (χ0v) is 5.93. The van der Waals surface area contributed by atoms with Crippen LogP contribution in [0.5, 0.6) is 0 Å². The van der Waals surface area contributed by atoms with Crippen LogP contribution in [0.25, 0.3) is 0 Å². The van der Waals surface area contributed by atoms with Gasteiger partial charge in [-0.3, -0.25) is 0 Å². The fourth-order valence-corrected chi connectivity index (χ4v) is 0.841. The van der Waals surface area contributed by atoms with Crippen molar-refractivity contribution < 1.29 is 39.9 Å². The van der Waals surface area contributed by atoms with Gasteiger partial charge in [-0.2, -0.15) is 35.1 Å². The normalized spacial score (nSPS) is 21.7. The number of ether oxygens (including phenoxy) is 1. The quantitative estimate of drug-likeness (QED) is 0.579. The maximum Gasteiger partial charge on any atom is 0.444 e. The Labute approximate surface area is 70.9 Å². The van der Waals surface area contributed by atoms with Gasteiger partial charge in [0.1, 0.15) is 0 Å². The number of rotatable bonds is 0. The lowest BCUT2D eigenvalue weighted by atomic mass is 9.97. The highest BCUT2D eigenvalue weighted by atomic mass is 19.4. The topological polar surface area (TPSA) is 9.23 Å². The highest BCUT2D eigenvalue weighted by Gasteiger charge is 2.82. The fraction of sp³-hybridized carbons (Fsp3) is 0.600. The van der Waals surface area contributed by atoms with Crippen LogP contribution in [0.15, 0.2) is 11.8 Å². The summed E-state index contributed by atoms with van der Waals surface area (Å²) in [5.74, 6) is -3.00. The van der Waals surface area contributed by atoms with Crippen molar-refractivity contribution in [2.24, 2.45) is 0 Å². The molecule has 0 aliphatic carbocycles. The smallest absolute Gasteiger partial charge is 0.436 e. The Morgan fingerprint density at radius 3 is 1.29 bits per heavy atom. The Bertz CT molecular complexity index is 269. The van der Waals surface area contributed by atoms with Crippen molar-refractivity contribution in [2.75, 3.05) is 0 Å². The first-order valence-corrected chi connectivity index (χ1v) is 2.92. The third-order valence-corrected chi connectivity index (χ3v) is 1.52. The van der Waals surface area contributed by atoms with Gasteiger partial charge in [0.05, 0.1) is 0 Å². The van der Waals surface area contributed by atoms with Gasteiger partial charge in [-0.25, -0.2) is 0 Å². The molecule has 1 nitrogen and oxygen atoms in total. The Morgan fingerprint density at radius 1 is 0.857 bits per heavy atom. The van der Waals surface area contributed by atoms with Crippen LogP contribution in [-0.4, -0.2) is 18.0 Å². The second-order valence-corrected chi connectivity index (χ2v) is 2.37. The van der Waals surface area contributed by atoms with E-state index >= 15 is 0 Å². The number of halogens is 8. The van der Waals surface area contributed by atoms with Crippen molar-refractivity contribution >= 4 is 0 Å². The van der Waals surface area contributed by atoms with Gasteiger partial charge < -0.3 is 4.74 Å². The fourth-order valence-electron chi connectivity index (χ4n) is 0.841. The van der Waals surface area contributed by atoms with Gasteiger partial charge in [-0.05, 0) is 0 Å². The first-order valence-electron chi connectivity index (χ1n) is 2.92. The molecule has 0 unspecified atom stereocenters. The molecule has 1 aliphatic heterocycles. The SMILES string of the molecule is FC1=C(F)C(C(F)(F)F)(C(F)(F)F)O1. The summed E-state index contributed by atoms with van der Waals surface area (Å²) in [5.41, 5.74) is -5.13. The Morgan fingerprint density at radius 2 is 1.21 bits per heavy atom. The summed E-state index contributed by atoms with van der Waals surface area (Å²) in [4.78, 5) is 0. The summed E-state index contributed by atoms with van der Waals surface area (Å²) in [6, 6.07) is -2.50. The molecule has 0 amide bonds. The summed E-state index contributed by atoms with van der Waals surface area (Å²) in [7, 11) is 0. The van der Waals surface area contributed by atoms with E-state index in [0.717, 1.165) is 0 Å². The molecule has 0 fully saturated rings. The van der Waals surface area contributed by atoms with Crippen LogP contribution in [0.4, 0.5) is 35.1 Å². The Balaban J connectivity index is 3.24. The highest BCUT2D eigenvalue weighted by molar-refractivity contribution is 5.27. The van der Waals surface area contributed by atoms with Crippen molar-refractivity contribution in [3.05, 3.63) is 11.8 Å². The van der Waals surface area contributed by atoms with Gasteiger partial charge in [0.25, 0.3) is 0 Å². The van der Waals surface area contributed by atoms with E-state index in [2.05, 4.69) is 4.74 Å². The molecule has 0 saturated heterocycles. The monoisotopic (exact) mass is 228 g/mol. The second-order valence-electron chi connectivity index (χ2n) is 2.37. The zero-order chi connectivity index (χ0) is 11.4. The van der Waals surface area contributed by atoms with Crippen LogP contribution < -0.4 is 0 Å². The molecule has 1 heterocycles. The van der Waals surface area contributed by atoms with Crippen LogP contribution in [0.2, 0.25) is 0 Å². The van der Waals surface area contributed by atoms with E-state index in [4.69, 9.17) is 0 Å². The van der Waals surface area contributed by atoms with Gasteiger partial charge >= 0.3 is 24.0 Å². The van der Waals surface area contributed by atoms with Gasteiger partial charge in [0.15, 0.2) is 0 Å². The van der Waals surface area contributed by atoms with Crippen LogP contribution >= 0.6 is 0 Å². The van der Waals surface area contributed by atoms with Gasteiger partial charge in [0, 0.05) is 0 Å². The largest absolute Gasteiger partial charge is 0.444 e. The summed E-state index contributed by atoms with van der Waals surface area (Å²) in [6.45, 7) is 0. The van der Waals surface area contributed by atoms with E-state index in [1.54, 1.807) is 0 Å². The predicted octanol–water partition coefficient (Wildman–Crippen LogP) is 2.99. The molecule has 0 spiro atoms. The maximum atomic E-state index is 12.2. The zero-order valence-electron chi connectivity index (χ0n) is 5.93. The minimum atomic E-state index is -6.09. The molecule has 0 radical (unpaired) electrons. The Hall–Kier alpha value is -1.02. The number of hydrogen-bond acceptors (Lipinski definition) is 1. The van der Waals surface area contributed by atoms with Crippen molar-refractivity contribution in [2.45, 2.75) is 18.0 Å². The highest BCUT2D eigenvalue weighted by Crippen LogP contribution is 2.57. The van der Waals surface area contributed by atoms with Crippen LogP contribution in [0.3, 0.4) is 0 Å². The average molecular weight is 228 g/mol. The van der Waals surface area contributed by atoms with Gasteiger partial charge in [-0.15, -0.1) is 0 Å². The lowest BCUT2D eigenvalue weighted by molar-refractivity contribution is -0.386. The third kappa shape index (κ3) is 1.07. The van der Waals surface area contributed by atoms with E-state index in [0.29, 0.717) is 0 Å². The van der Waals surface area contributed by atoms with Crippen molar-refractivity contribution in [3.8, 4) is 0 Å². The molecule has 1 aliphatic rings. The van der Waals surface area contributed by atoms with E-state index in [1.807, 2.05) is 0 Å². The van der Waals surface area contributed by atoms with Crippen LogP contribution in [-0.2, 0) is 4.74 Å². The molecule has 82 valence electrons. The first-order chi connectivity index (χ1) is 6.04. The van der Waals surface area contributed by atoms with E-state index in [9.17, 15) is 35.1 Å². The molecule has 0 bridgehead atoms. The second kappa shape index (κ2) is 2.51. The summed E-state index contributed by atoms with van der Waals surface area (Å²) >= 11 is 0. The predicted molar refractivity (Wildman–Crippen MR) is 25.2 cm³/mol. The van der Waals surface area contributed by atoms with E-state index in [-0.39, 0.29) is 0 Å². The van der Waals surface area contributed by atoms with Gasteiger partial charge in [0.2, 0.25) is 5.83 Å². The number of alkyl halides is 6. The molecule has 9 heteroatoms. The molecule has 0 atom stereocenters. The summed E-state index contributed by atoms with van der Waals surface area (Å²) in [5, 5.41) is 0. The molecule has 14 heavy (non-hydrogen) atoms. The standard InChI is InChI=1S/C5F8O/c6-1-2(7)14-3(1,4(8,9)10)5(11,12)13. The van der Waals surface area contributed by atoms with E-state index < -0.39 is 29.8 Å². The first kappa shape index (κ1) is 11.1. The van der Waals surface area contributed by atoms with Crippen molar-refractivity contribution in [3.63, 3.8) is 0 Å². The minimum Gasteiger partial charge on any atom is -0.436 e. The lowest BCUT2D eigenvalue weighted by Gasteiger charge is -2.40. The maximum absolute atomic E-state index is 12.2. The lowest BCUT2D eigenvalue weighted by Crippen LogP contribution is -2.63. The van der Waals surface area contributed by atoms with Crippen molar-refractivity contribution in [1.82, 2.24) is 0 Å². The molecule has 0 aromatic rings. The van der Waals surface area contributed by atoms with Gasteiger partial charge in [-0.1, -0.05) is 0 Å². The third-order valence-electron chi connectivity index (χ3n) is 1.52. The van der Waals surface area contributed by atoms with Crippen molar-refractivity contribution in [1.29, 1.82) is 0 Å². The molecule has 0 N–H and O–H groups in total. The Kier molecular flexibility index (Phi) is 1.98. The summed E-state index contributed by atoms with van der Waals surface area (Å²) in [6.07, 6.45) is -12.2. The molecule has 0 aromatic carbocycles. The van der Waals surface area contributed by atoms with Crippen LogP contribution in [0.1, 0.15) is 0 Å². The molecule has 0 saturated carbocycles.